The number of thiazole rings is 1. The minimum Gasteiger partial charge on any atom is -0.218 e. The molecule has 0 N–H and O–H groups in total. The van der Waals surface area contributed by atoms with Gasteiger partial charge < -0.3 is 0 Å². The van der Waals surface area contributed by atoms with Crippen LogP contribution in [0.4, 0.5) is 0 Å². The van der Waals surface area contributed by atoms with Crippen LogP contribution in [0.25, 0.3) is 0 Å². The lowest BCUT2D eigenvalue weighted by Gasteiger charge is -2.15. The van der Waals surface area contributed by atoms with Crippen molar-refractivity contribution in [1.29, 1.82) is 0 Å². The molecule has 1 rings (SSSR count). The third kappa shape index (κ3) is 2.17. The van der Waals surface area contributed by atoms with Crippen LogP contribution in [0.1, 0.15) is 25.6 Å². The molecule has 1 heterocycles. The van der Waals surface area contributed by atoms with Crippen LogP contribution in [-0.2, 0) is 5.41 Å². The van der Waals surface area contributed by atoms with E-state index in [-0.39, 0.29) is 5.41 Å². The fraction of sp³-hybridized carbons (Fsp3) is 0.571. The molecular weight excluding hydrogens is 246 g/mol. The van der Waals surface area contributed by atoms with E-state index < -0.39 is 0 Å². The van der Waals surface area contributed by atoms with E-state index in [9.17, 15) is 0 Å². The van der Waals surface area contributed by atoms with E-state index >= 15 is 0 Å². The first-order valence-electron chi connectivity index (χ1n) is 3.23. The number of hydrogen-bond donors (Lipinski definition) is 0. The fourth-order valence-corrected chi connectivity index (χ4v) is 3.03. The molecule has 0 aliphatic carbocycles. The molecule has 1 aromatic heterocycles. The summed E-state index contributed by atoms with van der Waals surface area (Å²) >= 11 is 10.6. The van der Waals surface area contributed by atoms with Gasteiger partial charge in [0, 0.05) is 4.88 Å². The second kappa shape index (κ2) is 3.04. The van der Waals surface area contributed by atoms with Crippen LogP contribution in [0, 0.1) is 0 Å². The molecule has 0 unspecified atom stereocenters. The van der Waals surface area contributed by atoms with Crippen molar-refractivity contribution in [1.82, 2.24) is 4.98 Å². The highest BCUT2D eigenvalue weighted by molar-refractivity contribution is 9.10. The smallest absolute Gasteiger partial charge is 0.184 e. The average molecular weight is 255 g/mol. The maximum Gasteiger partial charge on any atom is 0.184 e. The molecular formula is C7H9BrClNS. The van der Waals surface area contributed by atoms with E-state index in [0.717, 1.165) is 4.60 Å². The predicted octanol–water partition coefficient (Wildman–Crippen LogP) is 3.86. The molecule has 0 radical (unpaired) electrons. The first-order chi connectivity index (χ1) is 4.91. The van der Waals surface area contributed by atoms with Gasteiger partial charge in [0.05, 0.1) is 0 Å². The van der Waals surface area contributed by atoms with Crippen molar-refractivity contribution in [3.05, 3.63) is 13.9 Å². The van der Waals surface area contributed by atoms with Crippen LogP contribution in [0.2, 0.25) is 4.47 Å². The normalized spacial score (nSPS) is 12.1. The number of rotatable bonds is 0. The summed E-state index contributed by atoms with van der Waals surface area (Å²) in [5.41, 5.74) is 0.129. The monoisotopic (exact) mass is 253 g/mol. The standard InChI is InChI=1S/C7H9BrClNS/c1-7(2,3)4-5(8)10-6(9)11-4/h1-3H3. The van der Waals surface area contributed by atoms with Crippen LogP contribution < -0.4 is 0 Å². The van der Waals surface area contributed by atoms with Crippen molar-refractivity contribution < 1.29 is 0 Å². The molecule has 0 aliphatic rings. The summed E-state index contributed by atoms with van der Waals surface area (Å²) in [5, 5.41) is 0. The molecule has 0 fully saturated rings. The zero-order chi connectivity index (χ0) is 8.65. The van der Waals surface area contributed by atoms with Crippen molar-refractivity contribution in [2.75, 3.05) is 0 Å². The summed E-state index contributed by atoms with van der Waals surface area (Å²) in [7, 11) is 0. The van der Waals surface area contributed by atoms with Crippen LogP contribution in [0.15, 0.2) is 4.60 Å². The summed E-state index contributed by atoms with van der Waals surface area (Å²) in [6.45, 7) is 6.42. The van der Waals surface area contributed by atoms with Crippen LogP contribution in [0.5, 0.6) is 0 Å². The summed E-state index contributed by atoms with van der Waals surface area (Å²) in [6, 6.07) is 0. The molecule has 0 aromatic carbocycles. The van der Waals surface area contributed by atoms with Crippen LogP contribution in [0.3, 0.4) is 0 Å². The van der Waals surface area contributed by atoms with Crippen LogP contribution in [-0.4, -0.2) is 4.98 Å². The molecule has 0 bridgehead atoms. The van der Waals surface area contributed by atoms with Gasteiger partial charge in [-0.2, -0.15) is 0 Å². The molecule has 11 heavy (non-hydrogen) atoms. The summed E-state index contributed by atoms with van der Waals surface area (Å²) in [4.78, 5) is 5.27. The Hall–Kier alpha value is 0.400. The van der Waals surface area contributed by atoms with Gasteiger partial charge in [0.15, 0.2) is 4.47 Å². The second-order valence-corrected chi connectivity index (χ2v) is 5.67. The largest absolute Gasteiger partial charge is 0.218 e. The summed E-state index contributed by atoms with van der Waals surface area (Å²) < 4.78 is 1.47. The molecule has 0 spiro atoms. The Kier molecular flexibility index (Phi) is 2.62. The highest BCUT2D eigenvalue weighted by Gasteiger charge is 2.20. The van der Waals surface area contributed by atoms with Gasteiger partial charge in [-0.15, -0.1) is 11.3 Å². The maximum absolute atomic E-state index is 5.75. The number of halogens is 2. The molecule has 0 aliphatic heterocycles. The van der Waals surface area contributed by atoms with Gasteiger partial charge in [-0.1, -0.05) is 32.4 Å². The molecule has 0 saturated carbocycles. The Bertz CT molecular complexity index is 264. The van der Waals surface area contributed by atoms with E-state index in [4.69, 9.17) is 11.6 Å². The molecule has 0 atom stereocenters. The Morgan fingerprint density at radius 2 is 2.00 bits per heavy atom. The minimum absolute atomic E-state index is 0.129. The van der Waals surface area contributed by atoms with Gasteiger partial charge in [-0.05, 0) is 21.3 Å². The third-order valence-corrected chi connectivity index (χ3v) is 3.66. The number of aromatic nitrogens is 1. The van der Waals surface area contributed by atoms with Gasteiger partial charge in [0.2, 0.25) is 0 Å². The van der Waals surface area contributed by atoms with Gasteiger partial charge >= 0.3 is 0 Å². The van der Waals surface area contributed by atoms with Crippen molar-refractivity contribution in [3.63, 3.8) is 0 Å². The van der Waals surface area contributed by atoms with Gasteiger partial charge in [0.25, 0.3) is 0 Å². The molecule has 1 nitrogen and oxygen atoms in total. The molecule has 0 amide bonds. The molecule has 62 valence electrons. The summed E-state index contributed by atoms with van der Waals surface area (Å²) in [6.07, 6.45) is 0. The van der Waals surface area contributed by atoms with E-state index in [1.807, 2.05) is 0 Å². The molecule has 0 saturated heterocycles. The van der Waals surface area contributed by atoms with Gasteiger partial charge in [-0.3, -0.25) is 0 Å². The number of nitrogens with zero attached hydrogens (tertiary/aromatic N) is 1. The first kappa shape index (κ1) is 9.49. The average Bonchev–Trinajstić information content (AvgIpc) is 2.08. The van der Waals surface area contributed by atoms with E-state index in [2.05, 4.69) is 41.7 Å². The van der Waals surface area contributed by atoms with Crippen LogP contribution >= 0.6 is 38.9 Å². The number of hydrogen-bond acceptors (Lipinski definition) is 2. The minimum atomic E-state index is 0.129. The lowest BCUT2D eigenvalue weighted by atomic mass is 9.96. The van der Waals surface area contributed by atoms with E-state index in [1.165, 1.54) is 16.2 Å². The first-order valence-corrected chi connectivity index (χ1v) is 5.22. The second-order valence-electron chi connectivity index (χ2n) is 3.34. The highest BCUT2D eigenvalue weighted by atomic mass is 79.9. The van der Waals surface area contributed by atoms with Crippen molar-refractivity contribution in [2.45, 2.75) is 26.2 Å². The fourth-order valence-electron chi connectivity index (χ4n) is 0.740. The SMILES string of the molecule is CC(C)(C)c1sc(Cl)nc1Br. The van der Waals surface area contributed by atoms with Gasteiger partial charge in [0.1, 0.15) is 4.60 Å². The van der Waals surface area contributed by atoms with Gasteiger partial charge in [-0.25, -0.2) is 4.98 Å². The Balaban J connectivity index is 3.13. The topological polar surface area (TPSA) is 12.9 Å². The Labute approximate surface area is 83.9 Å². The van der Waals surface area contributed by atoms with E-state index in [1.54, 1.807) is 0 Å². The van der Waals surface area contributed by atoms with Crippen molar-refractivity contribution in [3.8, 4) is 0 Å². The van der Waals surface area contributed by atoms with E-state index in [0.29, 0.717) is 4.47 Å². The Morgan fingerprint density at radius 3 is 2.18 bits per heavy atom. The third-order valence-electron chi connectivity index (χ3n) is 1.24. The van der Waals surface area contributed by atoms with Crippen molar-refractivity contribution >= 4 is 38.9 Å². The summed E-state index contributed by atoms with van der Waals surface area (Å²) in [5.74, 6) is 0. The zero-order valence-electron chi connectivity index (χ0n) is 6.61. The molecule has 1 aromatic rings. The predicted molar refractivity (Wildman–Crippen MR) is 53.5 cm³/mol. The molecule has 4 heteroatoms. The highest BCUT2D eigenvalue weighted by Crippen LogP contribution is 2.36. The lowest BCUT2D eigenvalue weighted by Crippen LogP contribution is -2.09. The maximum atomic E-state index is 5.75. The van der Waals surface area contributed by atoms with Crippen molar-refractivity contribution in [2.24, 2.45) is 0 Å². The Morgan fingerprint density at radius 1 is 1.45 bits per heavy atom. The zero-order valence-corrected chi connectivity index (χ0v) is 9.77. The quantitative estimate of drug-likeness (QED) is 0.685. The lowest BCUT2D eigenvalue weighted by molar-refractivity contribution is 0.599.